The molecule has 1 aliphatic rings. The number of nitrogens with zero attached hydrogens (tertiary/aromatic N) is 1. The minimum Gasteiger partial charge on any atom is -0.411 e. The molecule has 1 aliphatic carbocycles. The third kappa shape index (κ3) is 1.23. The van der Waals surface area contributed by atoms with Gasteiger partial charge in [0.25, 0.3) is 0 Å². The first kappa shape index (κ1) is 6.59. The zero-order chi connectivity index (χ0) is 6.85. The fourth-order valence-corrected chi connectivity index (χ4v) is 1.31. The molecule has 0 aromatic carbocycles. The van der Waals surface area contributed by atoms with Crippen LogP contribution in [0.25, 0.3) is 0 Å². The van der Waals surface area contributed by atoms with Crippen molar-refractivity contribution >= 4 is 5.71 Å². The summed E-state index contributed by atoms with van der Waals surface area (Å²) in [6.45, 7) is 4.39. The lowest BCUT2D eigenvalue weighted by molar-refractivity contribution is 0.317. The SMILES string of the molecule is C[C@@H]1CC(=NO)C[C@@H]1C. The van der Waals surface area contributed by atoms with Gasteiger partial charge in [-0.05, 0) is 24.7 Å². The second-order valence-corrected chi connectivity index (χ2v) is 3.03. The molecule has 9 heavy (non-hydrogen) atoms. The molecule has 2 heteroatoms. The molecule has 0 spiro atoms. The summed E-state index contributed by atoms with van der Waals surface area (Å²) in [6, 6.07) is 0. The molecule has 1 fully saturated rings. The van der Waals surface area contributed by atoms with E-state index in [0.29, 0.717) is 11.8 Å². The Labute approximate surface area is 55.6 Å². The maximum Gasteiger partial charge on any atom is 0.0576 e. The van der Waals surface area contributed by atoms with Crippen molar-refractivity contribution in [3.8, 4) is 0 Å². The predicted octanol–water partition coefficient (Wildman–Crippen LogP) is 1.88. The van der Waals surface area contributed by atoms with Crippen LogP contribution in [-0.2, 0) is 0 Å². The van der Waals surface area contributed by atoms with Gasteiger partial charge in [0.1, 0.15) is 0 Å². The molecule has 0 aliphatic heterocycles. The van der Waals surface area contributed by atoms with Gasteiger partial charge in [-0.2, -0.15) is 0 Å². The normalized spacial score (nSPS) is 40.0. The van der Waals surface area contributed by atoms with Crippen LogP contribution in [0.15, 0.2) is 5.16 Å². The number of rotatable bonds is 0. The smallest absolute Gasteiger partial charge is 0.0576 e. The summed E-state index contributed by atoms with van der Waals surface area (Å²) >= 11 is 0. The Hall–Kier alpha value is -0.530. The molecular weight excluding hydrogens is 114 g/mol. The van der Waals surface area contributed by atoms with Crippen molar-refractivity contribution < 1.29 is 5.21 Å². The van der Waals surface area contributed by atoms with Gasteiger partial charge >= 0.3 is 0 Å². The highest BCUT2D eigenvalue weighted by Crippen LogP contribution is 2.28. The van der Waals surface area contributed by atoms with E-state index in [-0.39, 0.29) is 0 Å². The molecule has 0 aromatic rings. The summed E-state index contributed by atoms with van der Waals surface area (Å²) in [7, 11) is 0. The quantitative estimate of drug-likeness (QED) is 0.391. The molecule has 1 saturated carbocycles. The molecule has 1 rings (SSSR count). The van der Waals surface area contributed by atoms with Gasteiger partial charge < -0.3 is 5.21 Å². The van der Waals surface area contributed by atoms with Crippen molar-refractivity contribution in [1.82, 2.24) is 0 Å². The number of hydrogen-bond acceptors (Lipinski definition) is 2. The van der Waals surface area contributed by atoms with Crippen molar-refractivity contribution in [2.24, 2.45) is 17.0 Å². The monoisotopic (exact) mass is 127 g/mol. The van der Waals surface area contributed by atoms with Crippen LogP contribution in [0.3, 0.4) is 0 Å². The molecular formula is C7H13NO. The standard InChI is InChI=1S/C7H13NO/c1-5-3-7(8-9)4-6(5)2/h5-6,9H,3-4H2,1-2H3/t5-,6+. The van der Waals surface area contributed by atoms with E-state index in [9.17, 15) is 0 Å². The summed E-state index contributed by atoms with van der Waals surface area (Å²) in [5, 5.41) is 11.6. The zero-order valence-corrected chi connectivity index (χ0v) is 5.96. The van der Waals surface area contributed by atoms with E-state index in [4.69, 9.17) is 5.21 Å². The lowest BCUT2D eigenvalue weighted by atomic mass is 10.0. The van der Waals surface area contributed by atoms with Crippen LogP contribution in [0.2, 0.25) is 0 Å². The lowest BCUT2D eigenvalue weighted by Crippen LogP contribution is -1.95. The molecule has 2 atom stereocenters. The van der Waals surface area contributed by atoms with E-state index < -0.39 is 0 Å². The fourth-order valence-electron chi connectivity index (χ4n) is 1.31. The molecule has 0 aromatic heterocycles. The second-order valence-electron chi connectivity index (χ2n) is 3.03. The van der Waals surface area contributed by atoms with Crippen LogP contribution < -0.4 is 0 Å². The molecule has 0 unspecified atom stereocenters. The Morgan fingerprint density at radius 2 is 1.78 bits per heavy atom. The first-order chi connectivity index (χ1) is 4.24. The highest BCUT2D eigenvalue weighted by atomic mass is 16.4. The van der Waals surface area contributed by atoms with E-state index in [1.165, 1.54) is 0 Å². The Morgan fingerprint density at radius 3 is 2.00 bits per heavy atom. The molecule has 0 heterocycles. The highest BCUT2D eigenvalue weighted by Gasteiger charge is 2.24. The van der Waals surface area contributed by atoms with Crippen molar-refractivity contribution in [3.63, 3.8) is 0 Å². The predicted molar refractivity (Wildman–Crippen MR) is 36.8 cm³/mol. The molecule has 1 N–H and O–H groups in total. The first-order valence-electron chi connectivity index (χ1n) is 3.44. The highest BCUT2D eigenvalue weighted by molar-refractivity contribution is 5.86. The summed E-state index contributed by atoms with van der Waals surface area (Å²) in [6.07, 6.45) is 1.97. The van der Waals surface area contributed by atoms with Crippen molar-refractivity contribution in [3.05, 3.63) is 0 Å². The van der Waals surface area contributed by atoms with Gasteiger partial charge in [-0.3, -0.25) is 0 Å². The summed E-state index contributed by atoms with van der Waals surface area (Å²) < 4.78 is 0. The Balaban J connectivity index is 2.54. The minimum atomic E-state index is 0.705. The fraction of sp³-hybridized carbons (Fsp3) is 0.857. The van der Waals surface area contributed by atoms with Crippen LogP contribution in [0.5, 0.6) is 0 Å². The van der Waals surface area contributed by atoms with Crippen molar-refractivity contribution in [2.45, 2.75) is 26.7 Å². The van der Waals surface area contributed by atoms with Gasteiger partial charge in [0.05, 0.1) is 5.71 Å². The Kier molecular flexibility index (Phi) is 1.74. The Bertz CT molecular complexity index is 119. The summed E-state index contributed by atoms with van der Waals surface area (Å²) in [5.41, 5.74) is 0.968. The van der Waals surface area contributed by atoms with Gasteiger partial charge in [0.2, 0.25) is 0 Å². The van der Waals surface area contributed by atoms with Crippen LogP contribution in [0.4, 0.5) is 0 Å². The summed E-state index contributed by atoms with van der Waals surface area (Å²) in [5.74, 6) is 1.41. The third-order valence-corrected chi connectivity index (χ3v) is 2.23. The molecule has 52 valence electrons. The zero-order valence-electron chi connectivity index (χ0n) is 5.96. The second kappa shape index (κ2) is 2.38. The topological polar surface area (TPSA) is 32.6 Å². The molecule has 0 bridgehead atoms. The van der Waals surface area contributed by atoms with Crippen molar-refractivity contribution in [2.75, 3.05) is 0 Å². The third-order valence-electron chi connectivity index (χ3n) is 2.23. The molecule has 0 saturated heterocycles. The van der Waals surface area contributed by atoms with Crippen LogP contribution in [-0.4, -0.2) is 10.9 Å². The summed E-state index contributed by atoms with van der Waals surface area (Å²) in [4.78, 5) is 0. The average molecular weight is 127 g/mol. The van der Waals surface area contributed by atoms with E-state index in [0.717, 1.165) is 18.6 Å². The van der Waals surface area contributed by atoms with Crippen LogP contribution in [0.1, 0.15) is 26.7 Å². The Morgan fingerprint density at radius 1 is 1.33 bits per heavy atom. The average Bonchev–Trinajstić information content (AvgIpc) is 2.13. The molecule has 0 amide bonds. The number of hydrogen-bond donors (Lipinski definition) is 1. The maximum atomic E-state index is 8.39. The van der Waals surface area contributed by atoms with E-state index in [1.54, 1.807) is 0 Å². The van der Waals surface area contributed by atoms with Crippen molar-refractivity contribution in [1.29, 1.82) is 0 Å². The minimum absolute atomic E-state index is 0.705. The lowest BCUT2D eigenvalue weighted by Gasteiger charge is -2.03. The number of oxime groups is 1. The van der Waals surface area contributed by atoms with Gasteiger partial charge in [-0.25, -0.2) is 0 Å². The first-order valence-corrected chi connectivity index (χ1v) is 3.44. The van der Waals surface area contributed by atoms with Gasteiger partial charge in [-0.1, -0.05) is 19.0 Å². The maximum absolute atomic E-state index is 8.39. The van der Waals surface area contributed by atoms with Crippen LogP contribution in [0, 0.1) is 11.8 Å². The largest absolute Gasteiger partial charge is 0.411 e. The van der Waals surface area contributed by atoms with Gasteiger partial charge in [0, 0.05) is 0 Å². The molecule has 2 nitrogen and oxygen atoms in total. The van der Waals surface area contributed by atoms with E-state index in [1.807, 2.05) is 0 Å². The van der Waals surface area contributed by atoms with Crippen LogP contribution >= 0.6 is 0 Å². The van der Waals surface area contributed by atoms with E-state index >= 15 is 0 Å². The van der Waals surface area contributed by atoms with Gasteiger partial charge in [-0.15, -0.1) is 0 Å². The van der Waals surface area contributed by atoms with E-state index in [2.05, 4.69) is 19.0 Å². The molecule has 0 radical (unpaired) electrons. The van der Waals surface area contributed by atoms with Gasteiger partial charge in [0.15, 0.2) is 0 Å².